The first-order chi connectivity index (χ1) is 13.4. The number of fused-ring (bicyclic) bond motifs is 1. The molecular weight excluding hydrogens is 353 g/mol. The summed E-state index contributed by atoms with van der Waals surface area (Å²) in [6.07, 6.45) is 6.79. The minimum absolute atomic E-state index is 0.0438. The number of benzene rings is 1. The number of hydrogen-bond donors (Lipinski definition) is 0. The monoisotopic (exact) mass is 381 g/mol. The number of anilines is 1. The van der Waals surface area contributed by atoms with Crippen molar-refractivity contribution in [2.75, 3.05) is 18.0 Å². The van der Waals surface area contributed by atoms with Gasteiger partial charge in [0.25, 0.3) is 0 Å². The maximum atomic E-state index is 13.8. The molecule has 2 aliphatic heterocycles. The molecule has 0 aliphatic carbocycles. The number of piperidine rings is 1. The fraction of sp³-hybridized carbons (Fsp3) is 0.478. The molecule has 4 nitrogen and oxygen atoms in total. The van der Waals surface area contributed by atoms with Crippen LogP contribution >= 0.6 is 0 Å². The van der Waals surface area contributed by atoms with Crippen molar-refractivity contribution in [1.29, 1.82) is 0 Å². The van der Waals surface area contributed by atoms with Crippen LogP contribution in [0.2, 0.25) is 0 Å². The average Bonchev–Trinajstić information content (AvgIpc) is 2.95. The van der Waals surface area contributed by atoms with Crippen molar-refractivity contribution in [2.24, 2.45) is 5.92 Å². The van der Waals surface area contributed by atoms with Crippen molar-refractivity contribution in [3.63, 3.8) is 0 Å². The van der Waals surface area contributed by atoms with Gasteiger partial charge in [-0.1, -0.05) is 12.1 Å². The van der Waals surface area contributed by atoms with Gasteiger partial charge < -0.3 is 9.80 Å². The van der Waals surface area contributed by atoms with Gasteiger partial charge in [0.1, 0.15) is 5.82 Å². The van der Waals surface area contributed by atoms with Gasteiger partial charge in [-0.2, -0.15) is 0 Å². The smallest absolute Gasteiger partial charge is 0.222 e. The van der Waals surface area contributed by atoms with Crippen molar-refractivity contribution in [3.05, 3.63) is 60.2 Å². The average molecular weight is 381 g/mol. The zero-order chi connectivity index (χ0) is 19.7. The summed E-state index contributed by atoms with van der Waals surface area (Å²) < 4.78 is 13.8. The number of carbonyl (C=O) groups excluding carboxylic acids is 1. The Morgan fingerprint density at radius 1 is 1.29 bits per heavy atom. The zero-order valence-corrected chi connectivity index (χ0v) is 16.6. The second kappa shape index (κ2) is 7.53. The first kappa shape index (κ1) is 18.9. The van der Waals surface area contributed by atoms with Gasteiger partial charge in [-0.25, -0.2) is 4.39 Å². The van der Waals surface area contributed by atoms with Gasteiger partial charge >= 0.3 is 0 Å². The van der Waals surface area contributed by atoms with Crippen LogP contribution in [0, 0.1) is 11.7 Å². The lowest BCUT2D eigenvalue weighted by atomic mass is 9.89. The van der Waals surface area contributed by atoms with E-state index in [1.54, 1.807) is 18.3 Å². The van der Waals surface area contributed by atoms with Crippen molar-refractivity contribution < 1.29 is 9.18 Å². The summed E-state index contributed by atoms with van der Waals surface area (Å²) >= 11 is 0. The first-order valence-electron chi connectivity index (χ1n) is 10.2. The molecule has 2 aliphatic rings. The number of amides is 1. The van der Waals surface area contributed by atoms with E-state index in [9.17, 15) is 9.18 Å². The third kappa shape index (κ3) is 3.75. The lowest BCUT2D eigenvalue weighted by molar-refractivity contribution is -0.133. The fourth-order valence-corrected chi connectivity index (χ4v) is 5.10. The van der Waals surface area contributed by atoms with E-state index in [0.717, 1.165) is 43.6 Å². The zero-order valence-electron chi connectivity index (χ0n) is 16.6. The van der Waals surface area contributed by atoms with Gasteiger partial charge in [-0.3, -0.25) is 9.78 Å². The lowest BCUT2D eigenvalue weighted by Gasteiger charge is -2.42. The third-order valence-corrected chi connectivity index (χ3v) is 6.23. The maximum Gasteiger partial charge on any atom is 0.222 e. The highest BCUT2D eigenvalue weighted by atomic mass is 19.1. The molecule has 1 aromatic carbocycles. The summed E-state index contributed by atoms with van der Waals surface area (Å²) in [7, 11) is 0. The number of hydrogen-bond acceptors (Lipinski definition) is 3. The summed E-state index contributed by atoms with van der Waals surface area (Å²) in [5, 5.41) is 0. The number of aromatic nitrogens is 1. The Morgan fingerprint density at radius 3 is 2.89 bits per heavy atom. The molecule has 148 valence electrons. The number of aryl methyl sites for hydroxylation is 1. The molecule has 3 heterocycles. The molecule has 4 rings (SSSR count). The number of carbonyl (C=O) groups is 1. The standard InChI is InChI=1S/C23H28FN3O/c1-23(2)14-18-16-26(22(28)9-8-17-5-4-11-25-15-17)12-10-21(18)27(23)20-7-3-6-19(24)13-20/h3-7,11,13,15,18,21H,8-10,12,14,16H2,1-2H3/t18-,21+/m1/s1. The van der Waals surface area contributed by atoms with Gasteiger partial charge in [-0.05, 0) is 68.9 Å². The topological polar surface area (TPSA) is 36.4 Å². The molecule has 0 bridgehead atoms. The molecular formula is C23H28FN3O. The molecule has 1 amide bonds. The highest BCUT2D eigenvalue weighted by Crippen LogP contribution is 2.44. The number of halogens is 1. The van der Waals surface area contributed by atoms with Crippen LogP contribution in [0.1, 0.15) is 38.7 Å². The fourth-order valence-electron chi connectivity index (χ4n) is 5.10. The molecule has 1 aromatic heterocycles. The van der Waals surface area contributed by atoms with E-state index < -0.39 is 0 Å². The molecule has 0 spiro atoms. The van der Waals surface area contributed by atoms with E-state index in [1.165, 1.54) is 6.07 Å². The third-order valence-electron chi connectivity index (χ3n) is 6.23. The van der Waals surface area contributed by atoms with Crippen LogP contribution in [0.3, 0.4) is 0 Å². The molecule has 0 N–H and O–H groups in total. The molecule has 5 heteroatoms. The Kier molecular flexibility index (Phi) is 5.09. The second-order valence-corrected chi connectivity index (χ2v) is 8.68. The number of likely N-dealkylation sites (tertiary alicyclic amines) is 1. The molecule has 2 saturated heterocycles. The Labute approximate surface area is 166 Å². The quantitative estimate of drug-likeness (QED) is 0.801. The summed E-state index contributed by atoms with van der Waals surface area (Å²) in [5.41, 5.74) is 2.01. The van der Waals surface area contributed by atoms with Gasteiger partial charge in [0, 0.05) is 49.2 Å². The van der Waals surface area contributed by atoms with Crippen LogP contribution in [0.5, 0.6) is 0 Å². The van der Waals surface area contributed by atoms with Crippen LogP contribution in [0.4, 0.5) is 10.1 Å². The molecule has 2 fully saturated rings. The summed E-state index contributed by atoms with van der Waals surface area (Å²) in [4.78, 5) is 21.3. The van der Waals surface area contributed by atoms with Crippen molar-refractivity contribution in [1.82, 2.24) is 9.88 Å². The van der Waals surface area contributed by atoms with Gasteiger partial charge in [0.05, 0.1) is 0 Å². The Balaban J connectivity index is 1.43. The number of nitrogens with zero attached hydrogens (tertiary/aromatic N) is 3. The summed E-state index contributed by atoms with van der Waals surface area (Å²) in [5.74, 6) is 0.457. The Hall–Kier alpha value is -2.43. The normalized spacial score (nSPS) is 23.5. The molecule has 0 radical (unpaired) electrons. The minimum Gasteiger partial charge on any atom is -0.363 e. The predicted molar refractivity (Wildman–Crippen MR) is 109 cm³/mol. The predicted octanol–water partition coefficient (Wildman–Crippen LogP) is 4.06. The van der Waals surface area contributed by atoms with Crippen LogP contribution in [0.25, 0.3) is 0 Å². The Morgan fingerprint density at radius 2 is 2.14 bits per heavy atom. The second-order valence-electron chi connectivity index (χ2n) is 8.68. The molecule has 28 heavy (non-hydrogen) atoms. The van der Waals surface area contributed by atoms with E-state index in [4.69, 9.17) is 0 Å². The Bertz CT molecular complexity index is 839. The molecule has 0 unspecified atom stereocenters. The SMILES string of the molecule is CC1(C)C[C@@H]2CN(C(=O)CCc3cccnc3)CC[C@@H]2N1c1cccc(F)c1. The van der Waals surface area contributed by atoms with E-state index in [0.29, 0.717) is 18.4 Å². The molecule has 0 saturated carbocycles. The number of rotatable bonds is 4. The van der Waals surface area contributed by atoms with Crippen LogP contribution in [-0.2, 0) is 11.2 Å². The first-order valence-corrected chi connectivity index (χ1v) is 10.2. The largest absolute Gasteiger partial charge is 0.363 e. The number of pyridine rings is 1. The molecule has 2 aromatic rings. The van der Waals surface area contributed by atoms with E-state index >= 15 is 0 Å². The van der Waals surface area contributed by atoms with Crippen LogP contribution in [0.15, 0.2) is 48.8 Å². The van der Waals surface area contributed by atoms with Gasteiger partial charge in [0.2, 0.25) is 5.91 Å². The van der Waals surface area contributed by atoms with E-state index in [-0.39, 0.29) is 17.3 Å². The molecule has 2 atom stereocenters. The highest BCUT2D eigenvalue weighted by molar-refractivity contribution is 5.76. The summed E-state index contributed by atoms with van der Waals surface area (Å²) in [6.45, 7) is 6.02. The van der Waals surface area contributed by atoms with Crippen molar-refractivity contribution in [3.8, 4) is 0 Å². The van der Waals surface area contributed by atoms with Crippen molar-refractivity contribution in [2.45, 2.75) is 51.1 Å². The summed E-state index contributed by atoms with van der Waals surface area (Å²) in [6, 6.07) is 11.2. The van der Waals surface area contributed by atoms with Gasteiger partial charge in [0.15, 0.2) is 0 Å². The van der Waals surface area contributed by atoms with Crippen LogP contribution < -0.4 is 4.90 Å². The maximum absolute atomic E-state index is 13.8. The van der Waals surface area contributed by atoms with Gasteiger partial charge in [-0.15, -0.1) is 0 Å². The lowest BCUT2D eigenvalue weighted by Crippen LogP contribution is -2.50. The van der Waals surface area contributed by atoms with Crippen molar-refractivity contribution >= 4 is 11.6 Å². The van der Waals surface area contributed by atoms with Crippen LogP contribution in [-0.4, -0.2) is 40.5 Å². The van der Waals surface area contributed by atoms with E-state index in [1.807, 2.05) is 29.3 Å². The van der Waals surface area contributed by atoms with E-state index in [2.05, 4.69) is 23.7 Å². The highest BCUT2D eigenvalue weighted by Gasteiger charge is 2.48. The minimum atomic E-state index is -0.195.